The van der Waals surface area contributed by atoms with Crippen LogP contribution in [0, 0.1) is 0 Å². The Labute approximate surface area is 189 Å². The number of carbonyl (C=O) groups excluding carboxylic acids is 2. The molecule has 2 aromatic rings. The summed E-state index contributed by atoms with van der Waals surface area (Å²) in [5.41, 5.74) is 1.02. The second kappa shape index (κ2) is 11.4. The fourth-order valence-electron chi connectivity index (χ4n) is 3.62. The van der Waals surface area contributed by atoms with Gasteiger partial charge in [0.15, 0.2) is 11.5 Å². The monoisotopic (exact) mass is 441 g/mol. The van der Waals surface area contributed by atoms with Crippen molar-refractivity contribution in [3.8, 4) is 11.5 Å². The second-order valence-corrected chi connectivity index (χ2v) is 7.29. The van der Waals surface area contributed by atoms with Crippen LogP contribution in [-0.2, 0) is 4.74 Å². The Hall–Kier alpha value is -3.29. The number of amides is 1. The van der Waals surface area contributed by atoms with Crippen molar-refractivity contribution in [3.63, 3.8) is 0 Å². The van der Waals surface area contributed by atoms with Crippen LogP contribution in [0.2, 0.25) is 0 Å². The average molecular weight is 442 g/mol. The summed E-state index contributed by atoms with van der Waals surface area (Å²) in [4.78, 5) is 33.4. The second-order valence-electron chi connectivity index (χ2n) is 7.29. The zero-order chi connectivity index (χ0) is 22.9. The summed E-state index contributed by atoms with van der Waals surface area (Å²) in [7, 11) is 0. The molecule has 1 aliphatic rings. The molecule has 1 amide bonds. The van der Waals surface area contributed by atoms with E-state index in [1.165, 1.54) is 6.20 Å². The lowest BCUT2D eigenvalue weighted by molar-refractivity contribution is 0.0525. The van der Waals surface area contributed by atoms with Gasteiger partial charge in [-0.1, -0.05) is 0 Å². The van der Waals surface area contributed by atoms with Crippen LogP contribution in [0.4, 0.5) is 5.82 Å². The van der Waals surface area contributed by atoms with E-state index in [1.807, 2.05) is 24.8 Å². The maximum absolute atomic E-state index is 13.1. The molecule has 1 aromatic carbocycles. The van der Waals surface area contributed by atoms with Crippen molar-refractivity contribution in [2.45, 2.75) is 27.2 Å². The van der Waals surface area contributed by atoms with E-state index in [2.05, 4.69) is 9.88 Å². The molecule has 0 saturated carbocycles. The van der Waals surface area contributed by atoms with E-state index >= 15 is 0 Å². The number of rotatable bonds is 8. The summed E-state index contributed by atoms with van der Waals surface area (Å²) < 4.78 is 16.3. The van der Waals surface area contributed by atoms with Gasteiger partial charge in [-0.05, 0) is 57.5 Å². The maximum Gasteiger partial charge on any atom is 0.339 e. The van der Waals surface area contributed by atoms with E-state index in [0.717, 1.165) is 18.8 Å². The summed E-state index contributed by atoms with van der Waals surface area (Å²) in [5.74, 6) is 1.61. The van der Waals surface area contributed by atoms with E-state index in [4.69, 9.17) is 14.2 Å². The number of ether oxygens (including phenoxy) is 3. The molecular formula is C24H31N3O5. The van der Waals surface area contributed by atoms with E-state index < -0.39 is 0 Å². The largest absolute Gasteiger partial charge is 0.490 e. The third kappa shape index (κ3) is 5.69. The Bertz CT molecular complexity index is 916. The third-order valence-electron chi connectivity index (χ3n) is 5.16. The van der Waals surface area contributed by atoms with Gasteiger partial charge in [0, 0.05) is 37.9 Å². The Kier molecular flexibility index (Phi) is 8.30. The molecule has 1 aliphatic heterocycles. The highest BCUT2D eigenvalue weighted by Crippen LogP contribution is 2.29. The van der Waals surface area contributed by atoms with Crippen LogP contribution in [0.3, 0.4) is 0 Å². The summed E-state index contributed by atoms with van der Waals surface area (Å²) in [6, 6.07) is 8.89. The van der Waals surface area contributed by atoms with Gasteiger partial charge in [-0.15, -0.1) is 0 Å². The zero-order valence-electron chi connectivity index (χ0n) is 19.0. The Morgan fingerprint density at radius 1 is 0.875 bits per heavy atom. The van der Waals surface area contributed by atoms with Crippen LogP contribution in [0.25, 0.3) is 0 Å². The van der Waals surface area contributed by atoms with Crippen molar-refractivity contribution in [3.05, 3.63) is 47.7 Å². The van der Waals surface area contributed by atoms with Crippen molar-refractivity contribution < 1.29 is 23.8 Å². The minimum Gasteiger partial charge on any atom is -0.490 e. The summed E-state index contributed by atoms with van der Waals surface area (Å²) in [5, 5.41) is 0. The van der Waals surface area contributed by atoms with E-state index in [-0.39, 0.29) is 11.9 Å². The van der Waals surface area contributed by atoms with Gasteiger partial charge in [-0.25, -0.2) is 9.78 Å². The van der Waals surface area contributed by atoms with Crippen LogP contribution < -0.4 is 14.4 Å². The molecular weight excluding hydrogens is 410 g/mol. The first-order valence-electron chi connectivity index (χ1n) is 11.1. The van der Waals surface area contributed by atoms with Gasteiger partial charge in [0.2, 0.25) is 0 Å². The molecule has 0 unspecified atom stereocenters. The number of anilines is 1. The first-order chi connectivity index (χ1) is 15.6. The fourth-order valence-corrected chi connectivity index (χ4v) is 3.62. The van der Waals surface area contributed by atoms with Crippen LogP contribution in [0.15, 0.2) is 36.5 Å². The van der Waals surface area contributed by atoms with Gasteiger partial charge in [-0.3, -0.25) is 4.79 Å². The number of aromatic nitrogens is 1. The van der Waals surface area contributed by atoms with Gasteiger partial charge >= 0.3 is 5.97 Å². The lowest BCUT2D eigenvalue weighted by atomic mass is 10.1. The van der Waals surface area contributed by atoms with Crippen LogP contribution in [0.1, 0.15) is 47.9 Å². The first-order valence-corrected chi connectivity index (χ1v) is 11.1. The average Bonchev–Trinajstić information content (AvgIpc) is 3.07. The van der Waals surface area contributed by atoms with Crippen LogP contribution in [0.5, 0.6) is 11.5 Å². The van der Waals surface area contributed by atoms with Crippen molar-refractivity contribution in [1.29, 1.82) is 0 Å². The minimum absolute atomic E-state index is 0.0264. The number of nitrogens with zero attached hydrogens (tertiary/aromatic N) is 3. The highest BCUT2D eigenvalue weighted by molar-refractivity contribution is 5.95. The number of hydrogen-bond donors (Lipinski definition) is 0. The molecule has 0 spiro atoms. The van der Waals surface area contributed by atoms with Gasteiger partial charge in [0.05, 0.1) is 25.4 Å². The number of pyridine rings is 1. The lowest BCUT2D eigenvalue weighted by Gasteiger charge is -2.23. The molecule has 1 fully saturated rings. The smallest absolute Gasteiger partial charge is 0.339 e. The Morgan fingerprint density at radius 3 is 2.31 bits per heavy atom. The number of benzene rings is 1. The fraction of sp³-hybridized carbons (Fsp3) is 0.458. The molecule has 3 rings (SSSR count). The highest BCUT2D eigenvalue weighted by atomic mass is 16.5. The molecule has 8 nitrogen and oxygen atoms in total. The van der Waals surface area contributed by atoms with Crippen LogP contribution >= 0.6 is 0 Å². The predicted molar refractivity (Wildman–Crippen MR) is 122 cm³/mol. The van der Waals surface area contributed by atoms with Crippen molar-refractivity contribution in [2.24, 2.45) is 0 Å². The molecule has 2 heterocycles. The van der Waals surface area contributed by atoms with Gasteiger partial charge in [-0.2, -0.15) is 0 Å². The van der Waals surface area contributed by atoms with E-state index in [0.29, 0.717) is 62.1 Å². The van der Waals surface area contributed by atoms with Gasteiger partial charge < -0.3 is 24.0 Å². The molecule has 0 bridgehead atoms. The van der Waals surface area contributed by atoms with E-state index in [9.17, 15) is 9.59 Å². The molecule has 8 heteroatoms. The number of carbonyl (C=O) groups is 2. The number of hydrogen-bond acceptors (Lipinski definition) is 7. The van der Waals surface area contributed by atoms with Crippen molar-refractivity contribution in [2.75, 3.05) is 50.9 Å². The Morgan fingerprint density at radius 2 is 1.62 bits per heavy atom. The summed E-state index contributed by atoms with van der Waals surface area (Å²) in [6.07, 6.45) is 2.36. The molecule has 0 radical (unpaired) electrons. The topological polar surface area (TPSA) is 81.2 Å². The van der Waals surface area contributed by atoms with E-state index in [1.54, 1.807) is 31.2 Å². The molecule has 32 heavy (non-hydrogen) atoms. The van der Waals surface area contributed by atoms with Crippen LogP contribution in [-0.4, -0.2) is 67.8 Å². The molecule has 0 atom stereocenters. The molecule has 0 aliphatic carbocycles. The standard InChI is InChI=1S/C24H31N3O5/c1-4-30-20-10-8-18(16-21(20)31-5-2)23(28)27-13-7-12-26(14-15-27)22-11-9-19(17-25-22)24(29)32-6-3/h8-11,16-17H,4-7,12-15H2,1-3H3. The maximum atomic E-state index is 13.1. The quantitative estimate of drug-likeness (QED) is 0.581. The molecule has 0 N–H and O–H groups in total. The third-order valence-corrected chi connectivity index (χ3v) is 5.16. The SMILES string of the molecule is CCOC(=O)c1ccc(N2CCCN(C(=O)c3ccc(OCC)c(OCC)c3)CC2)nc1. The first kappa shape index (κ1) is 23.4. The Balaban J connectivity index is 1.66. The molecule has 1 saturated heterocycles. The zero-order valence-corrected chi connectivity index (χ0v) is 19.0. The normalized spacial score (nSPS) is 14.0. The molecule has 172 valence electrons. The summed E-state index contributed by atoms with van der Waals surface area (Å²) in [6.45, 7) is 9.63. The van der Waals surface area contributed by atoms with Crippen molar-refractivity contribution in [1.82, 2.24) is 9.88 Å². The van der Waals surface area contributed by atoms with Crippen molar-refractivity contribution >= 4 is 17.7 Å². The minimum atomic E-state index is -0.374. The highest BCUT2D eigenvalue weighted by Gasteiger charge is 2.22. The van der Waals surface area contributed by atoms with Gasteiger partial charge in [0.25, 0.3) is 5.91 Å². The number of esters is 1. The predicted octanol–water partition coefficient (Wildman–Crippen LogP) is 3.41. The lowest BCUT2D eigenvalue weighted by Crippen LogP contribution is -2.35. The summed E-state index contributed by atoms with van der Waals surface area (Å²) >= 11 is 0. The molecule has 1 aromatic heterocycles. The van der Waals surface area contributed by atoms with Gasteiger partial charge in [0.1, 0.15) is 5.82 Å².